The second kappa shape index (κ2) is 5.51. The van der Waals surface area contributed by atoms with Crippen molar-refractivity contribution in [3.8, 4) is 0 Å². The Morgan fingerprint density at radius 2 is 1.95 bits per heavy atom. The fourth-order valence-corrected chi connectivity index (χ4v) is 2.98. The summed E-state index contributed by atoms with van der Waals surface area (Å²) in [5.41, 5.74) is 8.38. The second-order valence-corrected chi connectivity index (χ2v) is 5.81. The van der Waals surface area contributed by atoms with Crippen LogP contribution in [0, 0.1) is 11.8 Å². The molecule has 4 nitrogen and oxygen atoms in total. The van der Waals surface area contributed by atoms with E-state index in [9.17, 15) is 4.79 Å². The van der Waals surface area contributed by atoms with Gasteiger partial charge in [0.2, 0.25) is 5.91 Å². The first kappa shape index (κ1) is 13.7. The Morgan fingerprint density at radius 1 is 1.32 bits per heavy atom. The van der Waals surface area contributed by atoms with Crippen LogP contribution in [0.2, 0.25) is 0 Å². The highest BCUT2D eigenvalue weighted by Gasteiger charge is 2.23. The third-order valence-electron chi connectivity index (χ3n) is 3.54. The Labute approximate surface area is 115 Å². The molecule has 1 aromatic carbocycles. The third kappa shape index (κ3) is 3.40. The summed E-state index contributed by atoms with van der Waals surface area (Å²) in [4.78, 5) is 13.7. The number of benzene rings is 1. The molecule has 0 radical (unpaired) electrons. The maximum atomic E-state index is 11.3. The first-order chi connectivity index (χ1) is 8.95. The molecule has 0 unspecified atom stereocenters. The van der Waals surface area contributed by atoms with Crippen LogP contribution >= 0.6 is 0 Å². The Bertz CT molecular complexity index is 462. The summed E-state index contributed by atoms with van der Waals surface area (Å²) in [5.74, 6) is 1.28. The van der Waals surface area contributed by atoms with Crippen LogP contribution in [0.25, 0.3) is 0 Å². The van der Waals surface area contributed by atoms with Gasteiger partial charge < -0.3 is 16.0 Å². The van der Waals surface area contributed by atoms with E-state index in [-0.39, 0.29) is 5.91 Å². The Kier molecular flexibility index (Phi) is 3.98. The Balaban J connectivity index is 2.29. The molecule has 0 bridgehead atoms. The SMILES string of the molecule is CC(=O)Nc1cc(N)ccc1N1C[C@@H](C)C[C@H](C)C1. The molecule has 2 atom stereocenters. The quantitative estimate of drug-likeness (QED) is 0.805. The smallest absolute Gasteiger partial charge is 0.221 e. The average Bonchev–Trinajstić information content (AvgIpc) is 2.26. The Hall–Kier alpha value is -1.71. The van der Waals surface area contributed by atoms with Crippen molar-refractivity contribution in [2.45, 2.75) is 27.2 Å². The number of amides is 1. The van der Waals surface area contributed by atoms with Crippen LogP contribution in [0.15, 0.2) is 18.2 Å². The van der Waals surface area contributed by atoms with Crippen molar-refractivity contribution in [1.29, 1.82) is 0 Å². The zero-order valence-corrected chi connectivity index (χ0v) is 11.9. The summed E-state index contributed by atoms with van der Waals surface area (Å²) in [5, 5.41) is 2.88. The predicted molar refractivity (Wildman–Crippen MR) is 80.3 cm³/mol. The highest BCUT2D eigenvalue weighted by Crippen LogP contribution is 2.33. The Morgan fingerprint density at radius 3 is 2.53 bits per heavy atom. The van der Waals surface area contributed by atoms with Crippen molar-refractivity contribution in [1.82, 2.24) is 0 Å². The number of piperidine rings is 1. The molecule has 1 amide bonds. The van der Waals surface area contributed by atoms with Gasteiger partial charge in [0, 0.05) is 25.7 Å². The zero-order valence-electron chi connectivity index (χ0n) is 11.9. The van der Waals surface area contributed by atoms with Crippen LogP contribution in [0.3, 0.4) is 0 Å². The van der Waals surface area contributed by atoms with Gasteiger partial charge in [-0.1, -0.05) is 13.8 Å². The lowest BCUT2D eigenvalue weighted by atomic mass is 9.91. The first-order valence-electron chi connectivity index (χ1n) is 6.87. The number of hydrogen-bond acceptors (Lipinski definition) is 3. The summed E-state index contributed by atoms with van der Waals surface area (Å²) >= 11 is 0. The van der Waals surface area contributed by atoms with Gasteiger partial charge in [0.05, 0.1) is 11.4 Å². The highest BCUT2D eigenvalue weighted by molar-refractivity contribution is 5.93. The topological polar surface area (TPSA) is 58.4 Å². The minimum atomic E-state index is -0.0649. The summed E-state index contributed by atoms with van der Waals surface area (Å²) < 4.78 is 0. The molecule has 1 fully saturated rings. The van der Waals surface area contributed by atoms with Gasteiger partial charge in [0.25, 0.3) is 0 Å². The molecule has 104 valence electrons. The van der Waals surface area contributed by atoms with E-state index in [0.717, 1.165) is 24.5 Å². The van der Waals surface area contributed by atoms with Crippen molar-refractivity contribution in [2.75, 3.05) is 29.0 Å². The van der Waals surface area contributed by atoms with Gasteiger partial charge in [0.1, 0.15) is 0 Å². The van der Waals surface area contributed by atoms with Gasteiger partial charge in [-0.15, -0.1) is 0 Å². The number of nitrogens with two attached hydrogens (primary N) is 1. The van der Waals surface area contributed by atoms with E-state index >= 15 is 0 Å². The molecular weight excluding hydrogens is 238 g/mol. The molecule has 19 heavy (non-hydrogen) atoms. The van der Waals surface area contributed by atoms with Crippen LogP contribution in [-0.2, 0) is 4.79 Å². The fraction of sp³-hybridized carbons (Fsp3) is 0.533. The molecule has 0 aliphatic carbocycles. The highest BCUT2D eigenvalue weighted by atomic mass is 16.1. The van der Waals surface area contributed by atoms with E-state index in [0.29, 0.717) is 17.5 Å². The van der Waals surface area contributed by atoms with Crippen LogP contribution in [0.4, 0.5) is 17.1 Å². The van der Waals surface area contributed by atoms with E-state index in [4.69, 9.17) is 5.73 Å². The van der Waals surface area contributed by atoms with Gasteiger partial charge in [-0.3, -0.25) is 4.79 Å². The fourth-order valence-electron chi connectivity index (χ4n) is 2.98. The molecule has 2 rings (SSSR count). The lowest BCUT2D eigenvalue weighted by molar-refractivity contribution is -0.114. The average molecular weight is 261 g/mol. The number of anilines is 3. The number of carbonyl (C=O) groups excluding carboxylic acids is 1. The molecular formula is C15H23N3O. The monoisotopic (exact) mass is 261 g/mol. The minimum Gasteiger partial charge on any atom is -0.399 e. The molecule has 0 spiro atoms. The lowest BCUT2D eigenvalue weighted by Crippen LogP contribution is -2.39. The summed E-state index contributed by atoms with van der Waals surface area (Å²) in [6.07, 6.45) is 1.26. The van der Waals surface area contributed by atoms with Gasteiger partial charge in [-0.05, 0) is 36.5 Å². The molecule has 4 heteroatoms. The van der Waals surface area contributed by atoms with E-state index in [2.05, 4.69) is 24.1 Å². The molecule has 0 aromatic heterocycles. The number of nitrogens with one attached hydrogen (secondary N) is 1. The summed E-state index contributed by atoms with van der Waals surface area (Å²) in [6.45, 7) is 8.13. The second-order valence-electron chi connectivity index (χ2n) is 5.81. The predicted octanol–water partition coefficient (Wildman–Crippen LogP) is 2.71. The van der Waals surface area contributed by atoms with Crippen LogP contribution in [0.1, 0.15) is 27.2 Å². The number of rotatable bonds is 2. The molecule has 1 aromatic rings. The normalized spacial score (nSPS) is 23.2. The van der Waals surface area contributed by atoms with Crippen molar-refractivity contribution < 1.29 is 4.79 Å². The van der Waals surface area contributed by atoms with E-state index in [1.54, 1.807) is 0 Å². The standard InChI is InChI=1S/C15H23N3O/c1-10-6-11(2)9-18(8-10)15-5-4-13(16)7-14(15)17-12(3)19/h4-5,7,10-11H,6,8-9,16H2,1-3H3,(H,17,19)/t10-,11-/m0/s1. The van der Waals surface area contributed by atoms with Crippen molar-refractivity contribution in [2.24, 2.45) is 11.8 Å². The number of carbonyl (C=O) groups is 1. The van der Waals surface area contributed by atoms with Crippen molar-refractivity contribution in [3.63, 3.8) is 0 Å². The van der Waals surface area contributed by atoms with Crippen LogP contribution < -0.4 is 16.0 Å². The number of hydrogen-bond donors (Lipinski definition) is 2. The molecule has 0 saturated carbocycles. The van der Waals surface area contributed by atoms with E-state index in [1.807, 2.05) is 18.2 Å². The number of nitrogen functional groups attached to an aromatic ring is 1. The maximum absolute atomic E-state index is 11.3. The minimum absolute atomic E-state index is 0.0649. The van der Waals surface area contributed by atoms with Crippen molar-refractivity contribution >= 4 is 23.0 Å². The van der Waals surface area contributed by atoms with Crippen molar-refractivity contribution in [3.05, 3.63) is 18.2 Å². The number of nitrogens with zero attached hydrogens (tertiary/aromatic N) is 1. The van der Waals surface area contributed by atoms with Crippen LogP contribution in [0.5, 0.6) is 0 Å². The molecule has 3 N–H and O–H groups in total. The molecule has 1 aliphatic heterocycles. The largest absolute Gasteiger partial charge is 0.399 e. The summed E-state index contributed by atoms with van der Waals surface area (Å²) in [6, 6.07) is 5.73. The van der Waals surface area contributed by atoms with Crippen LogP contribution in [-0.4, -0.2) is 19.0 Å². The molecule has 1 saturated heterocycles. The van der Waals surface area contributed by atoms with E-state index in [1.165, 1.54) is 13.3 Å². The summed E-state index contributed by atoms with van der Waals surface area (Å²) in [7, 11) is 0. The van der Waals surface area contributed by atoms with Gasteiger partial charge in [-0.2, -0.15) is 0 Å². The third-order valence-corrected chi connectivity index (χ3v) is 3.54. The van der Waals surface area contributed by atoms with Gasteiger partial charge in [-0.25, -0.2) is 0 Å². The maximum Gasteiger partial charge on any atom is 0.221 e. The zero-order chi connectivity index (χ0) is 14.0. The molecule has 1 aliphatic rings. The lowest BCUT2D eigenvalue weighted by Gasteiger charge is -2.37. The molecule has 1 heterocycles. The van der Waals surface area contributed by atoms with Gasteiger partial charge >= 0.3 is 0 Å². The van der Waals surface area contributed by atoms with E-state index < -0.39 is 0 Å². The first-order valence-corrected chi connectivity index (χ1v) is 6.87. The van der Waals surface area contributed by atoms with Gasteiger partial charge in [0.15, 0.2) is 0 Å².